The van der Waals surface area contributed by atoms with Crippen LogP contribution in [0, 0.1) is 11.7 Å². The van der Waals surface area contributed by atoms with Crippen LogP contribution in [-0.4, -0.2) is 29.1 Å². The van der Waals surface area contributed by atoms with E-state index in [9.17, 15) is 14.3 Å². The van der Waals surface area contributed by atoms with Crippen LogP contribution in [0.15, 0.2) is 48.5 Å². The SMILES string of the molecule is COc1cc(C(=O)CCC(O)(c2cc(C(C)(C)N)cc(-c3ccc(F)c(Cl)c3)n2)C2CC2)ccc1OC1CC1. The molecular formula is C31H34ClFN2O4. The van der Waals surface area contributed by atoms with Crippen molar-refractivity contribution in [2.24, 2.45) is 11.7 Å². The molecule has 0 amide bonds. The summed E-state index contributed by atoms with van der Waals surface area (Å²) in [6.45, 7) is 3.74. The second kappa shape index (κ2) is 10.5. The first kappa shape index (κ1) is 27.6. The highest BCUT2D eigenvalue weighted by Gasteiger charge is 2.46. The van der Waals surface area contributed by atoms with Crippen LogP contribution >= 0.6 is 11.6 Å². The van der Waals surface area contributed by atoms with Gasteiger partial charge in [-0.25, -0.2) is 9.37 Å². The van der Waals surface area contributed by atoms with Gasteiger partial charge in [-0.15, -0.1) is 0 Å². The third kappa shape index (κ3) is 6.11. The van der Waals surface area contributed by atoms with E-state index in [0.29, 0.717) is 34.0 Å². The fourth-order valence-corrected chi connectivity index (χ4v) is 4.96. The van der Waals surface area contributed by atoms with Gasteiger partial charge in [0.05, 0.1) is 29.6 Å². The lowest BCUT2D eigenvalue weighted by molar-refractivity contribution is -0.00118. The Hall–Kier alpha value is -3.00. The molecule has 1 unspecified atom stereocenters. The maximum atomic E-state index is 13.9. The van der Waals surface area contributed by atoms with Gasteiger partial charge < -0.3 is 20.3 Å². The van der Waals surface area contributed by atoms with Crippen molar-refractivity contribution in [2.45, 2.75) is 69.6 Å². The largest absolute Gasteiger partial charge is 0.493 e. The van der Waals surface area contributed by atoms with Crippen molar-refractivity contribution >= 4 is 17.4 Å². The molecule has 8 heteroatoms. The summed E-state index contributed by atoms with van der Waals surface area (Å²) in [5.74, 6) is 0.499. The number of ether oxygens (including phenoxy) is 2. The van der Waals surface area contributed by atoms with Crippen LogP contribution in [0.5, 0.6) is 11.5 Å². The number of nitrogens with two attached hydrogens (primary N) is 1. The van der Waals surface area contributed by atoms with Crippen molar-refractivity contribution in [2.75, 3.05) is 7.11 Å². The van der Waals surface area contributed by atoms with Gasteiger partial charge in [-0.1, -0.05) is 11.6 Å². The molecule has 2 aliphatic rings. The second-order valence-electron chi connectivity index (χ2n) is 11.3. The Morgan fingerprint density at radius 1 is 1.10 bits per heavy atom. The molecule has 6 nitrogen and oxygen atoms in total. The summed E-state index contributed by atoms with van der Waals surface area (Å²) >= 11 is 6.05. The van der Waals surface area contributed by atoms with E-state index in [0.717, 1.165) is 31.2 Å². The number of hydrogen-bond acceptors (Lipinski definition) is 6. The minimum atomic E-state index is -1.32. The van der Waals surface area contributed by atoms with Crippen molar-refractivity contribution in [3.05, 3.63) is 76.2 Å². The van der Waals surface area contributed by atoms with Crippen molar-refractivity contribution in [3.63, 3.8) is 0 Å². The number of benzene rings is 2. The highest BCUT2D eigenvalue weighted by atomic mass is 35.5. The van der Waals surface area contributed by atoms with Gasteiger partial charge in [-0.05, 0) is 106 Å². The van der Waals surface area contributed by atoms with E-state index in [2.05, 4.69) is 0 Å². The van der Waals surface area contributed by atoms with Crippen LogP contribution in [0.4, 0.5) is 4.39 Å². The number of Topliss-reactive ketones (excluding diaryl/α,β-unsaturated/α-hetero) is 1. The number of methoxy groups -OCH3 is 1. The fraction of sp³-hybridized carbons (Fsp3) is 0.419. The van der Waals surface area contributed by atoms with E-state index in [-0.39, 0.29) is 35.7 Å². The summed E-state index contributed by atoms with van der Waals surface area (Å²) in [7, 11) is 1.55. The average Bonchev–Trinajstić information content (AvgIpc) is 3.83. The number of aliphatic hydroxyl groups is 1. The van der Waals surface area contributed by atoms with E-state index in [1.54, 1.807) is 31.4 Å². The zero-order chi connectivity index (χ0) is 27.9. The van der Waals surface area contributed by atoms with Gasteiger partial charge in [-0.2, -0.15) is 0 Å². The second-order valence-corrected chi connectivity index (χ2v) is 11.7. The van der Waals surface area contributed by atoms with Gasteiger partial charge in [0.2, 0.25) is 0 Å². The first-order chi connectivity index (χ1) is 18.5. The molecule has 1 atom stereocenters. The molecule has 0 saturated heterocycles. The molecule has 0 aliphatic heterocycles. The summed E-state index contributed by atoms with van der Waals surface area (Å²) in [5, 5.41) is 12.0. The van der Waals surface area contributed by atoms with Crippen LogP contribution in [-0.2, 0) is 11.1 Å². The Bertz CT molecular complexity index is 1400. The highest BCUT2D eigenvalue weighted by Crippen LogP contribution is 2.49. The molecule has 2 aromatic carbocycles. The Labute approximate surface area is 233 Å². The van der Waals surface area contributed by atoms with E-state index in [1.807, 2.05) is 26.0 Å². The number of nitrogens with zero attached hydrogens (tertiary/aromatic N) is 1. The molecule has 2 fully saturated rings. The number of hydrogen-bond donors (Lipinski definition) is 2. The topological polar surface area (TPSA) is 94.7 Å². The summed E-state index contributed by atoms with van der Waals surface area (Å²) in [6.07, 6.45) is 4.25. The van der Waals surface area contributed by atoms with Crippen molar-refractivity contribution in [3.8, 4) is 22.8 Å². The van der Waals surface area contributed by atoms with Gasteiger partial charge in [0, 0.05) is 23.1 Å². The molecule has 1 heterocycles. The van der Waals surface area contributed by atoms with Crippen LogP contribution in [0.3, 0.4) is 0 Å². The quantitative estimate of drug-likeness (QED) is 0.262. The van der Waals surface area contributed by atoms with E-state index in [4.69, 9.17) is 31.8 Å². The molecule has 3 N–H and O–H groups in total. The average molecular weight is 553 g/mol. The molecule has 3 aromatic rings. The molecule has 0 spiro atoms. The predicted octanol–water partition coefficient (Wildman–Crippen LogP) is 6.55. The zero-order valence-corrected chi connectivity index (χ0v) is 23.2. The van der Waals surface area contributed by atoms with Gasteiger partial charge in [0.1, 0.15) is 11.4 Å². The van der Waals surface area contributed by atoms with Crippen molar-refractivity contribution in [1.82, 2.24) is 4.98 Å². The molecule has 5 rings (SSSR count). The molecule has 39 heavy (non-hydrogen) atoms. The van der Waals surface area contributed by atoms with E-state index >= 15 is 0 Å². The number of halogens is 2. The van der Waals surface area contributed by atoms with Gasteiger partial charge in [0.15, 0.2) is 17.3 Å². The first-order valence-corrected chi connectivity index (χ1v) is 13.7. The standard InChI is InChI=1S/C31H34ClFN2O4/c1-30(2,34)21-16-25(18-4-10-24(33)23(32)14-18)35-29(17-21)31(37,20-6-7-20)13-12-26(36)19-5-11-27(28(15-19)38-3)39-22-8-9-22/h4-5,10-11,14-17,20,22,37H,6-9,12-13,34H2,1-3H3. The maximum absolute atomic E-state index is 13.9. The summed E-state index contributed by atoms with van der Waals surface area (Å²) < 4.78 is 25.2. The molecular weight excluding hydrogens is 519 g/mol. The fourth-order valence-electron chi connectivity index (χ4n) is 4.78. The molecule has 2 aliphatic carbocycles. The van der Waals surface area contributed by atoms with E-state index in [1.165, 1.54) is 12.1 Å². The number of pyridine rings is 1. The van der Waals surface area contributed by atoms with E-state index < -0.39 is 17.0 Å². The molecule has 2 saturated carbocycles. The molecule has 0 radical (unpaired) electrons. The zero-order valence-electron chi connectivity index (χ0n) is 22.5. The number of carbonyl (C=O) groups is 1. The summed E-state index contributed by atoms with van der Waals surface area (Å²) in [4.78, 5) is 18.1. The Balaban J connectivity index is 1.44. The molecule has 206 valence electrons. The predicted molar refractivity (Wildman–Crippen MR) is 149 cm³/mol. The van der Waals surface area contributed by atoms with Crippen molar-refractivity contribution in [1.29, 1.82) is 0 Å². The van der Waals surface area contributed by atoms with Crippen LogP contribution in [0.1, 0.15) is 74.0 Å². The third-order valence-electron chi connectivity index (χ3n) is 7.52. The Kier molecular flexibility index (Phi) is 7.44. The molecule has 1 aromatic heterocycles. The van der Waals surface area contributed by atoms with Crippen molar-refractivity contribution < 1.29 is 23.8 Å². The van der Waals surface area contributed by atoms with Crippen LogP contribution in [0.2, 0.25) is 5.02 Å². The third-order valence-corrected chi connectivity index (χ3v) is 7.81. The normalized spacial score (nSPS) is 17.0. The Morgan fingerprint density at radius 2 is 1.85 bits per heavy atom. The number of aromatic nitrogens is 1. The lowest BCUT2D eigenvalue weighted by Gasteiger charge is -2.30. The van der Waals surface area contributed by atoms with Gasteiger partial charge >= 0.3 is 0 Å². The first-order valence-electron chi connectivity index (χ1n) is 13.4. The number of ketones is 1. The lowest BCUT2D eigenvalue weighted by Crippen LogP contribution is -2.33. The van der Waals surface area contributed by atoms with Gasteiger partial charge in [-0.3, -0.25) is 4.79 Å². The number of carbonyl (C=O) groups excluding carboxylic acids is 1. The monoisotopic (exact) mass is 552 g/mol. The molecule has 0 bridgehead atoms. The smallest absolute Gasteiger partial charge is 0.163 e. The summed E-state index contributed by atoms with van der Waals surface area (Å²) in [5.41, 5.74) is 7.28. The van der Waals surface area contributed by atoms with Gasteiger partial charge in [0.25, 0.3) is 0 Å². The van der Waals surface area contributed by atoms with Crippen LogP contribution in [0.25, 0.3) is 11.3 Å². The summed E-state index contributed by atoms with van der Waals surface area (Å²) in [6, 6.07) is 13.3. The maximum Gasteiger partial charge on any atom is 0.163 e. The minimum Gasteiger partial charge on any atom is -0.493 e. The lowest BCUT2D eigenvalue weighted by atomic mass is 9.83. The Morgan fingerprint density at radius 3 is 2.46 bits per heavy atom. The van der Waals surface area contributed by atoms with Crippen LogP contribution < -0.4 is 15.2 Å². The number of rotatable bonds is 11. The minimum absolute atomic E-state index is 0.0136. The highest BCUT2D eigenvalue weighted by molar-refractivity contribution is 6.31.